The molecule has 1 N–H and O–H groups in total. The lowest BCUT2D eigenvalue weighted by atomic mass is 10.2. The smallest absolute Gasteiger partial charge is 0.339 e. The second kappa shape index (κ2) is 2.92. The zero-order valence-corrected chi connectivity index (χ0v) is 8.00. The van der Waals surface area contributed by atoms with E-state index in [9.17, 15) is 4.79 Å². The fraction of sp³-hybridized carbons (Fsp3) is 0.125. The van der Waals surface area contributed by atoms with Gasteiger partial charge in [0.25, 0.3) is 0 Å². The van der Waals surface area contributed by atoms with E-state index >= 15 is 0 Å². The van der Waals surface area contributed by atoms with Gasteiger partial charge in [0.2, 0.25) is 6.79 Å². The lowest BCUT2D eigenvalue weighted by Gasteiger charge is -2.01. The first kappa shape index (κ1) is 8.37. The molecular formula is C8H5BrO4. The van der Waals surface area contributed by atoms with Gasteiger partial charge in [0.1, 0.15) is 5.56 Å². The van der Waals surface area contributed by atoms with Gasteiger partial charge in [-0.2, -0.15) is 0 Å². The van der Waals surface area contributed by atoms with Crippen LogP contribution in [0.2, 0.25) is 0 Å². The maximum Gasteiger partial charge on any atom is 0.339 e. The van der Waals surface area contributed by atoms with Crippen LogP contribution in [0.1, 0.15) is 10.4 Å². The first-order valence-electron chi connectivity index (χ1n) is 3.51. The molecule has 5 heteroatoms. The first-order valence-corrected chi connectivity index (χ1v) is 4.30. The molecule has 1 aliphatic heterocycles. The quantitative estimate of drug-likeness (QED) is 0.820. The van der Waals surface area contributed by atoms with Crippen molar-refractivity contribution in [3.05, 3.63) is 22.2 Å². The number of hydrogen-bond acceptors (Lipinski definition) is 3. The third-order valence-electron chi connectivity index (χ3n) is 1.67. The third kappa shape index (κ3) is 1.35. The van der Waals surface area contributed by atoms with Gasteiger partial charge in [0.05, 0.1) is 0 Å². The summed E-state index contributed by atoms with van der Waals surface area (Å²) in [5.74, 6) is -0.259. The van der Waals surface area contributed by atoms with Crippen molar-refractivity contribution in [3.8, 4) is 11.5 Å². The number of ether oxygens (including phenoxy) is 2. The minimum absolute atomic E-state index is 0.0755. The second-order valence-corrected chi connectivity index (χ2v) is 3.41. The lowest BCUT2D eigenvalue weighted by molar-refractivity contribution is 0.0692. The van der Waals surface area contributed by atoms with Gasteiger partial charge in [0, 0.05) is 4.47 Å². The third-order valence-corrected chi connectivity index (χ3v) is 2.13. The minimum atomic E-state index is -1.02. The van der Waals surface area contributed by atoms with Gasteiger partial charge in [-0.25, -0.2) is 4.79 Å². The molecule has 0 saturated carbocycles. The molecule has 0 unspecified atom stereocenters. The Morgan fingerprint density at radius 1 is 1.46 bits per heavy atom. The van der Waals surface area contributed by atoms with Crippen LogP contribution in [0.3, 0.4) is 0 Å². The molecule has 13 heavy (non-hydrogen) atoms. The van der Waals surface area contributed by atoms with E-state index in [1.54, 1.807) is 6.07 Å². The van der Waals surface area contributed by atoms with E-state index in [0.29, 0.717) is 16.0 Å². The van der Waals surface area contributed by atoms with Crippen LogP contribution >= 0.6 is 15.9 Å². The van der Waals surface area contributed by atoms with Crippen molar-refractivity contribution in [1.29, 1.82) is 0 Å². The minimum Gasteiger partial charge on any atom is -0.478 e. The number of rotatable bonds is 1. The normalized spacial score (nSPS) is 13.0. The summed E-state index contributed by atoms with van der Waals surface area (Å²) >= 11 is 3.19. The average molecular weight is 245 g/mol. The highest BCUT2D eigenvalue weighted by Crippen LogP contribution is 2.38. The Hall–Kier alpha value is -1.23. The van der Waals surface area contributed by atoms with E-state index < -0.39 is 5.97 Å². The van der Waals surface area contributed by atoms with Gasteiger partial charge in [-0.05, 0) is 12.1 Å². The summed E-state index contributed by atoms with van der Waals surface area (Å²) in [7, 11) is 0. The van der Waals surface area contributed by atoms with Crippen LogP contribution in [0.15, 0.2) is 16.6 Å². The molecule has 0 spiro atoms. The predicted molar refractivity (Wildman–Crippen MR) is 47.2 cm³/mol. The maximum atomic E-state index is 10.8. The topological polar surface area (TPSA) is 55.8 Å². The molecule has 1 aliphatic rings. The van der Waals surface area contributed by atoms with Crippen LogP contribution in [0.25, 0.3) is 0 Å². The number of carbonyl (C=O) groups is 1. The average Bonchev–Trinajstić information content (AvgIpc) is 2.49. The molecule has 1 aromatic rings. The Kier molecular flexibility index (Phi) is 1.88. The number of fused-ring (bicyclic) bond motifs is 1. The molecule has 0 fully saturated rings. The van der Waals surface area contributed by atoms with Crippen LogP contribution in [0, 0.1) is 0 Å². The van der Waals surface area contributed by atoms with E-state index in [1.165, 1.54) is 6.07 Å². The maximum absolute atomic E-state index is 10.8. The van der Waals surface area contributed by atoms with Gasteiger partial charge < -0.3 is 14.6 Å². The van der Waals surface area contributed by atoms with Gasteiger partial charge in [0.15, 0.2) is 11.5 Å². The number of aromatic carboxylic acids is 1. The SMILES string of the molecule is O=C(O)c1cc(Br)cc2c1OCO2. The predicted octanol–water partition coefficient (Wildman–Crippen LogP) is 1.88. The molecule has 0 radical (unpaired) electrons. The number of carboxylic acid groups (broad SMARTS) is 1. The molecule has 4 nitrogen and oxygen atoms in total. The number of halogens is 1. The molecule has 0 aliphatic carbocycles. The standard InChI is InChI=1S/C8H5BrO4/c9-4-1-5(8(10)11)7-6(2-4)12-3-13-7/h1-2H,3H2,(H,10,11). The molecule has 1 heterocycles. The first-order chi connectivity index (χ1) is 6.18. The van der Waals surface area contributed by atoms with Crippen LogP contribution in [0.5, 0.6) is 11.5 Å². The fourth-order valence-electron chi connectivity index (χ4n) is 1.14. The summed E-state index contributed by atoms with van der Waals surface area (Å²) in [4.78, 5) is 10.8. The van der Waals surface area contributed by atoms with Gasteiger partial charge >= 0.3 is 5.97 Å². The number of hydrogen-bond donors (Lipinski definition) is 1. The molecule has 68 valence electrons. The fourth-order valence-corrected chi connectivity index (χ4v) is 1.57. The Bertz CT molecular complexity index is 375. The Balaban J connectivity index is 2.62. The molecule has 0 aromatic heterocycles. The zero-order chi connectivity index (χ0) is 9.42. The molecule has 0 bridgehead atoms. The van der Waals surface area contributed by atoms with Crippen molar-refractivity contribution < 1.29 is 19.4 Å². The van der Waals surface area contributed by atoms with Crippen molar-refractivity contribution in [2.45, 2.75) is 0 Å². The van der Waals surface area contributed by atoms with E-state index in [1.807, 2.05) is 0 Å². The molecule has 1 aromatic carbocycles. The van der Waals surface area contributed by atoms with Crippen molar-refractivity contribution >= 4 is 21.9 Å². The van der Waals surface area contributed by atoms with E-state index in [-0.39, 0.29) is 12.4 Å². The van der Waals surface area contributed by atoms with E-state index in [2.05, 4.69) is 15.9 Å². The summed E-state index contributed by atoms with van der Waals surface area (Å²) in [6.07, 6.45) is 0. The van der Waals surface area contributed by atoms with Crippen molar-refractivity contribution in [1.82, 2.24) is 0 Å². The largest absolute Gasteiger partial charge is 0.478 e. The van der Waals surface area contributed by atoms with Crippen molar-refractivity contribution in [2.24, 2.45) is 0 Å². The van der Waals surface area contributed by atoms with Crippen LogP contribution in [0.4, 0.5) is 0 Å². The Morgan fingerprint density at radius 2 is 2.23 bits per heavy atom. The molecule has 2 rings (SSSR count). The highest BCUT2D eigenvalue weighted by Gasteiger charge is 2.22. The summed E-state index contributed by atoms with van der Waals surface area (Å²) in [5.41, 5.74) is 0.113. The van der Waals surface area contributed by atoms with Crippen molar-refractivity contribution in [2.75, 3.05) is 6.79 Å². The molecule has 0 atom stereocenters. The van der Waals surface area contributed by atoms with Crippen LogP contribution in [-0.2, 0) is 0 Å². The summed E-state index contributed by atoms with van der Waals surface area (Å²) in [6.45, 7) is 0.0755. The Labute approximate surface area is 82.2 Å². The summed E-state index contributed by atoms with van der Waals surface area (Å²) in [5, 5.41) is 8.82. The van der Waals surface area contributed by atoms with Gasteiger partial charge in [-0.1, -0.05) is 15.9 Å². The Morgan fingerprint density at radius 3 is 2.92 bits per heavy atom. The molecular weight excluding hydrogens is 240 g/mol. The molecule has 0 saturated heterocycles. The van der Waals surface area contributed by atoms with Gasteiger partial charge in [-0.3, -0.25) is 0 Å². The second-order valence-electron chi connectivity index (χ2n) is 2.49. The highest BCUT2D eigenvalue weighted by atomic mass is 79.9. The monoisotopic (exact) mass is 244 g/mol. The highest BCUT2D eigenvalue weighted by molar-refractivity contribution is 9.10. The lowest BCUT2D eigenvalue weighted by Crippen LogP contribution is -1.99. The number of carboxylic acids is 1. The molecule has 0 amide bonds. The van der Waals surface area contributed by atoms with E-state index in [4.69, 9.17) is 14.6 Å². The summed E-state index contributed by atoms with van der Waals surface area (Å²) < 4.78 is 10.7. The number of benzene rings is 1. The summed E-state index contributed by atoms with van der Waals surface area (Å²) in [6, 6.07) is 3.16. The van der Waals surface area contributed by atoms with Crippen LogP contribution < -0.4 is 9.47 Å². The van der Waals surface area contributed by atoms with Gasteiger partial charge in [-0.15, -0.1) is 0 Å². The zero-order valence-electron chi connectivity index (χ0n) is 6.41. The van der Waals surface area contributed by atoms with Crippen molar-refractivity contribution in [3.63, 3.8) is 0 Å². The van der Waals surface area contributed by atoms with Crippen LogP contribution in [-0.4, -0.2) is 17.9 Å². The van der Waals surface area contributed by atoms with E-state index in [0.717, 1.165) is 0 Å².